The van der Waals surface area contributed by atoms with Gasteiger partial charge in [0.25, 0.3) is 5.91 Å². The first-order valence-corrected chi connectivity index (χ1v) is 10.2. The summed E-state index contributed by atoms with van der Waals surface area (Å²) < 4.78 is 1.69. The Labute approximate surface area is 186 Å². The maximum absolute atomic E-state index is 13.4. The molecule has 0 spiro atoms. The number of amides is 1. The van der Waals surface area contributed by atoms with Gasteiger partial charge in [0.05, 0.1) is 17.3 Å². The quantitative estimate of drug-likeness (QED) is 0.409. The van der Waals surface area contributed by atoms with Crippen molar-refractivity contribution in [1.29, 1.82) is 5.26 Å². The lowest BCUT2D eigenvalue weighted by molar-refractivity contribution is 0.0750. The molecule has 6 heteroatoms. The average Bonchev–Trinajstić information content (AvgIpc) is 3.30. The highest BCUT2D eigenvalue weighted by Crippen LogP contribution is 2.22. The molecule has 1 aromatic heterocycles. The highest BCUT2D eigenvalue weighted by molar-refractivity contribution is 5.91. The van der Waals surface area contributed by atoms with Gasteiger partial charge in [0.15, 0.2) is 5.82 Å². The van der Waals surface area contributed by atoms with Crippen molar-refractivity contribution in [3.8, 4) is 23.1 Å². The first kappa shape index (κ1) is 20.8. The lowest BCUT2D eigenvalue weighted by Gasteiger charge is -2.19. The van der Waals surface area contributed by atoms with E-state index >= 15 is 0 Å². The Hall–Kier alpha value is -4.50. The van der Waals surface area contributed by atoms with E-state index in [1.165, 1.54) is 0 Å². The highest BCUT2D eigenvalue weighted by atomic mass is 16.2. The molecule has 0 bridgehead atoms. The summed E-state index contributed by atoms with van der Waals surface area (Å²) in [5.41, 5.74) is 3.17. The molecule has 4 rings (SSSR count). The monoisotopic (exact) mass is 419 g/mol. The van der Waals surface area contributed by atoms with Crippen molar-refractivity contribution in [1.82, 2.24) is 19.7 Å². The molecule has 0 saturated heterocycles. The minimum absolute atomic E-state index is 0.114. The molecule has 156 valence electrons. The number of benzene rings is 3. The van der Waals surface area contributed by atoms with Crippen LogP contribution in [-0.2, 0) is 6.54 Å². The Kier molecular flexibility index (Phi) is 6.19. The van der Waals surface area contributed by atoms with Crippen LogP contribution in [0.15, 0.2) is 97.6 Å². The summed E-state index contributed by atoms with van der Waals surface area (Å²) >= 11 is 0. The van der Waals surface area contributed by atoms with E-state index in [2.05, 4.69) is 22.7 Å². The zero-order chi connectivity index (χ0) is 22.3. The number of nitrogens with zero attached hydrogens (tertiary/aromatic N) is 5. The molecule has 6 nitrogen and oxygen atoms in total. The van der Waals surface area contributed by atoms with Gasteiger partial charge in [-0.15, -0.1) is 11.7 Å². The zero-order valence-corrected chi connectivity index (χ0v) is 17.4. The number of rotatable bonds is 7. The Morgan fingerprint density at radius 1 is 1.00 bits per heavy atom. The van der Waals surface area contributed by atoms with Crippen LogP contribution in [0.1, 0.15) is 21.7 Å². The van der Waals surface area contributed by atoms with Crippen molar-refractivity contribution in [3.05, 3.63) is 115 Å². The van der Waals surface area contributed by atoms with Crippen LogP contribution in [0.25, 0.3) is 17.1 Å². The van der Waals surface area contributed by atoms with Gasteiger partial charge in [-0.25, -0.2) is 9.67 Å². The summed E-state index contributed by atoms with van der Waals surface area (Å²) in [6.07, 6.45) is 1.67. The molecule has 0 radical (unpaired) electrons. The second kappa shape index (κ2) is 9.54. The average molecular weight is 419 g/mol. The van der Waals surface area contributed by atoms with E-state index in [1.54, 1.807) is 27.8 Å². The third-order valence-electron chi connectivity index (χ3n) is 4.92. The fraction of sp³-hybridized carbons (Fsp3) is 0.0769. The second-order valence-electron chi connectivity index (χ2n) is 7.16. The smallest absolute Gasteiger partial charge is 0.294 e. The second-order valence-corrected chi connectivity index (χ2v) is 7.16. The van der Waals surface area contributed by atoms with Crippen LogP contribution in [0.2, 0.25) is 0 Å². The summed E-state index contributed by atoms with van der Waals surface area (Å²) in [6.45, 7) is 4.49. The van der Waals surface area contributed by atoms with Crippen LogP contribution in [0, 0.1) is 11.3 Å². The Morgan fingerprint density at radius 2 is 1.66 bits per heavy atom. The van der Waals surface area contributed by atoms with Crippen LogP contribution in [0.5, 0.6) is 0 Å². The van der Waals surface area contributed by atoms with Gasteiger partial charge in [-0.3, -0.25) is 4.79 Å². The lowest BCUT2D eigenvalue weighted by Crippen LogP contribution is -2.31. The summed E-state index contributed by atoms with van der Waals surface area (Å²) in [6, 6.07) is 28.5. The predicted molar refractivity (Wildman–Crippen MR) is 123 cm³/mol. The van der Waals surface area contributed by atoms with E-state index in [9.17, 15) is 4.79 Å². The van der Waals surface area contributed by atoms with Crippen LogP contribution in [-0.4, -0.2) is 32.1 Å². The highest BCUT2D eigenvalue weighted by Gasteiger charge is 2.23. The van der Waals surface area contributed by atoms with Gasteiger partial charge in [-0.1, -0.05) is 66.7 Å². The van der Waals surface area contributed by atoms with Gasteiger partial charge in [-0.05, 0) is 29.8 Å². The number of nitriles is 1. The Bertz CT molecular complexity index is 1200. The third-order valence-corrected chi connectivity index (χ3v) is 4.92. The number of hydrogen-bond donors (Lipinski definition) is 0. The normalized spacial score (nSPS) is 10.3. The molecule has 32 heavy (non-hydrogen) atoms. The molecule has 1 heterocycles. The molecule has 1 amide bonds. The molecule has 0 aliphatic carbocycles. The van der Waals surface area contributed by atoms with Gasteiger partial charge in [0.1, 0.15) is 0 Å². The van der Waals surface area contributed by atoms with E-state index in [-0.39, 0.29) is 11.7 Å². The first-order valence-electron chi connectivity index (χ1n) is 10.2. The van der Waals surface area contributed by atoms with E-state index < -0.39 is 0 Å². The zero-order valence-electron chi connectivity index (χ0n) is 17.4. The summed E-state index contributed by atoms with van der Waals surface area (Å²) in [5, 5.41) is 13.6. The number of aromatic nitrogens is 3. The maximum atomic E-state index is 13.4. The van der Waals surface area contributed by atoms with Gasteiger partial charge in [-0.2, -0.15) is 5.26 Å². The third kappa shape index (κ3) is 4.47. The summed E-state index contributed by atoms with van der Waals surface area (Å²) in [5.74, 6) is 0.418. The summed E-state index contributed by atoms with van der Waals surface area (Å²) in [7, 11) is 0. The molecule has 0 atom stereocenters. The molecule has 0 fully saturated rings. The number of para-hydroxylation sites is 1. The summed E-state index contributed by atoms with van der Waals surface area (Å²) in [4.78, 5) is 19.6. The minimum atomic E-state index is -0.291. The topological polar surface area (TPSA) is 74.8 Å². The molecule has 3 aromatic carbocycles. The van der Waals surface area contributed by atoms with Gasteiger partial charge < -0.3 is 4.90 Å². The van der Waals surface area contributed by atoms with Crippen molar-refractivity contribution in [2.45, 2.75) is 6.54 Å². The van der Waals surface area contributed by atoms with Crippen molar-refractivity contribution in [3.63, 3.8) is 0 Å². The Morgan fingerprint density at radius 3 is 2.28 bits per heavy atom. The molecule has 4 aromatic rings. The number of carbonyl (C=O) groups is 1. The fourth-order valence-corrected chi connectivity index (χ4v) is 3.35. The standard InChI is InChI=1S/C26H21N5O/c1-2-17-30(19-21-15-13-20(18-27)14-16-21)26(32)24-28-25(22-9-5-3-6-10-22)31(29-24)23-11-7-4-8-12-23/h2-16H,1,17,19H2. The fourth-order valence-electron chi connectivity index (χ4n) is 3.35. The van der Waals surface area contributed by atoms with Crippen molar-refractivity contribution >= 4 is 5.91 Å². The van der Waals surface area contributed by atoms with Crippen molar-refractivity contribution in [2.75, 3.05) is 6.54 Å². The van der Waals surface area contributed by atoms with E-state index in [0.29, 0.717) is 24.5 Å². The van der Waals surface area contributed by atoms with Gasteiger partial charge in [0, 0.05) is 18.7 Å². The van der Waals surface area contributed by atoms with Crippen LogP contribution in [0.4, 0.5) is 0 Å². The van der Waals surface area contributed by atoms with Crippen molar-refractivity contribution < 1.29 is 4.79 Å². The van der Waals surface area contributed by atoms with E-state index in [4.69, 9.17) is 5.26 Å². The van der Waals surface area contributed by atoms with E-state index in [1.807, 2.05) is 72.8 Å². The van der Waals surface area contributed by atoms with Gasteiger partial charge >= 0.3 is 0 Å². The molecule has 0 aliphatic rings. The SMILES string of the molecule is C=CCN(Cc1ccc(C#N)cc1)C(=O)c1nc(-c2ccccc2)n(-c2ccccc2)n1. The van der Waals surface area contributed by atoms with E-state index in [0.717, 1.165) is 16.8 Å². The molecule has 0 N–H and O–H groups in total. The largest absolute Gasteiger partial charge is 0.328 e. The number of hydrogen-bond acceptors (Lipinski definition) is 4. The number of carbonyl (C=O) groups excluding carboxylic acids is 1. The maximum Gasteiger partial charge on any atom is 0.294 e. The van der Waals surface area contributed by atoms with Crippen molar-refractivity contribution in [2.24, 2.45) is 0 Å². The van der Waals surface area contributed by atoms with Crippen LogP contribution >= 0.6 is 0 Å². The molecular formula is C26H21N5O. The molecule has 0 unspecified atom stereocenters. The lowest BCUT2D eigenvalue weighted by atomic mass is 10.1. The molecular weight excluding hydrogens is 398 g/mol. The Balaban J connectivity index is 1.70. The molecule has 0 saturated carbocycles. The first-order chi connectivity index (χ1) is 15.7. The van der Waals surface area contributed by atoms with Gasteiger partial charge in [0.2, 0.25) is 5.82 Å². The van der Waals surface area contributed by atoms with Crippen LogP contribution < -0.4 is 0 Å². The predicted octanol–water partition coefficient (Wildman–Crippen LogP) is 4.63. The van der Waals surface area contributed by atoms with Crippen LogP contribution in [0.3, 0.4) is 0 Å². The minimum Gasteiger partial charge on any atom is -0.328 e. The molecule has 0 aliphatic heterocycles.